The average Bonchev–Trinajstić information content (AvgIpc) is 2.62. The fourth-order valence-corrected chi connectivity index (χ4v) is 3.03. The van der Waals surface area contributed by atoms with Gasteiger partial charge in [-0.2, -0.15) is 0 Å². The van der Waals surface area contributed by atoms with Gasteiger partial charge in [0.05, 0.1) is 7.11 Å². The Hall–Kier alpha value is -2.08. The zero-order valence-electron chi connectivity index (χ0n) is 14.8. The van der Waals surface area contributed by atoms with E-state index in [4.69, 9.17) is 9.47 Å². The minimum absolute atomic E-state index is 0.186. The van der Waals surface area contributed by atoms with Crippen molar-refractivity contribution in [2.45, 2.75) is 50.5 Å². The van der Waals surface area contributed by atoms with Gasteiger partial charge in [-0.25, -0.2) is 4.79 Å². The molecule has 138 valence electrons. The summed E-state index contributed by atoms with van der Waals surface area (Å²) < 4.78 is 10.3. The Kier molecular flexibility index (Phi) is 7.25. The summed E-state index contributed by atoms with van der Waals surface area (Å²) in [6, 6.07) is 7.99. The molecule has 0 aromatic heterocycles. The lowest BCUT2D eigenvalue weighted by Gasteiger charge is -2.33. The summed E-state index contributed by atoms with van der Waals surface area (Å²) in [5, 5.41) is 12.2. The first-order chi connectivity index (χ1) is 12.1. The Morgan fingerprint density at radius 2 is 1.84 bits per heavy atom. The van der Waals surface area contributed by atoms with Crippen molar-refractivity contribution in [2.24, 2.45) is 0 Å². The van der Waals surface area contributed by atoms with E-state index in [1.807, 2.05) is 24.3 Å². The van der Waals surface area contributed by atoms with Crippen molar-refractivity contribution in [2.75, 3.05) is 20.3 Å². The highest BCUT2D eigenvalue weighted by Crippen LogP contribution is 2.21. The van der Waals surface area contributed by atoms with Crippen molar-refractivity contribution >= 4 is 11.9 Å². The molecule has 0 radical (unpaired) electrons. The highest BCUT2D eigenvalue weighted by atomic mass is 16.5. The number of carboxylic acids is 1. The van der Waals surface area contributed by atoms with Gasteiger partial charge >= 0.3 is 5.97 Å². The van der Waals surface area contributed by atoms with Crippen molar-refractivity contribution in [1.29, 1.82) is 0 Å². The molecule has 1 aromatic carbocycles. The zero-order valence-corrected chi connectivity index (χ0v) is 14.8. The number of carboxylic acid groups (broad SMARTS) is 1. The summed E-state index contributed by atoms with van der Waals surface area (Å²) in [6.07, 6.45) is 4.66. The first kappa shape index (κ1) is 19.2. The molecule has 0 atom stereocenters. The number of carbonyl (C=O) groups excluding carboxylic acids is 1. The van der Waals surface area contributed by atoms with E-state index < -0.39 is 11.5 Å². The largest absolute Gasteiger partial charge is 0.497 e. The van der Waals surface area contributed by atoms with Gasteiger partial charge in [0.1, 0.15) is 11.3 Å². The van der Waals surface area contributed by atoms with Gasteiger partial charge in [-0.1, -0.05) is 18.6 Å². The number of benzene rings is 1. The van der Waals surface area contributed by atoms with Crippen LogP contribution in [-0.2, 0) is 20.7 Å². The van der Waals surface area contributed by atoms with E-state index in [1.54, 1.807) is 7.11 Å². The Morgan fingerprint density at radius 1 is 1.16 bits per heavy atom. The van der Waals surface area contributed by atoms with Gasteiger partial charge in [0.2, 0.25) is 5.91 Å². The van der Waals surface area contributed by atoms with Crippen LogP contribution in [0.5, 0.6) is 5.75 Å². The first-order valence-corrected chi connectivity index (χ1v) is 8.81. The topological polar surface area (TPSA) is 84.9 Å². The molecule has 0 spiro atoms. The van der Waals surface area contributed by atoms with Crippen molar-refractivity contribution < 1.29 is 24.2 Å². The van der Waals surface area contributed by atoms with Crippen molar-refractivity contribution in [3.63, 3.8) is 0 Å². The molecule has 0 saturated carbocycles. The fraction of sp³-hybridized carbons (Fsp3) is 0.579. The van der Waals surface area contributed by atoms with Crippen molar-refractivity contribution in [3.05, 3.63) is 29.8 Å². The lowest BCUT2D eigenvalue weighted by atomic mass is 9.90. The summed E-state index contributed by atoms with van der Waals surface area (Å²) in [5.41, 5.74) is 0.0932. The van der Waals surface area contributed by atoms with Crippen LogP contribution in [0.3, 0.4) is 0 Å². The van der Waals surface area contributed by atoms with Gasteiger partial charge in [-0.3, -0.25) is 4.79 Å². The molecule has 1 heterocycles. The van der Waals surface area contributed by atoms with Crippen LogP contribution < -0.4 is 10.1 Å². The van der Waals surface area contributed by atoms with Gasteiger partial charge in [0.15, 0.2) is 0 Å². The summed E-state index contributed by atoms with van der Waals surface area (Å²) in [5.74, 6) is -0.307. The minimum Gasteiger partial charge on any atom is -0.497 e. The predicted molar refractivity (Wildman–Crippen MR) is 93.7 cm³/mol. The predicted octanol–water partition coefficient (Wildman–Crippen LogP) is 2.55. The molecule has 25 heavy (non-hydrogen) atoms. The SMILES string of the molecule is COc1ccc(CCCCCC(=O)NC2(C(=O)O)CCOCC2)cc1. The third-order valence-electron chi connectivity index (χ3n) is 4.66. The summed E-state index contributed by atoms with van der Waals surface area (Å²) in [7, 11) is 1.65. The fourth-order valence-electron chi connectivity index (χ4n) is 3.03. The van der Waals surface area contributed by atoms with Gasteiger partial charge in [-0.15, -0.1) is 0 Å². The zero-order chi connectivity index (χ0) is 18.1. The van der Waals surface area contributed by atoms with Crippen molar-refractivity contribution in [3.8, 4) is 5.75 Å². The molecule has 2 rings (SSSR count). The number of unbranched alkanes of at least 4 members (excludes halogenated alkanes) is 2. The molecule has 1 aliphatic rings. The smallest absolute Gasteiger partial charge is 0.329 e. The number of hydrogen-bond acceptors (Lipinski definition) is 4. The van der Waals surface area contributed by atoms with Gasteiger partial charge < -0.3 is 19.9 Å². The standard InChI is InChI=1S/C19H27NO5/c1-24-16-9-7-15(8-10-16)5-3-2-4-6-17(21)20-19(18(22)23)11-13-25-14-12-19/h7-10H,2-6,11-14H2,1H3,(H,20,21)(H,22,23). The van der Waals surface area contributed by atoms with Gasteiger partial charge in [0, 0.05) is 32.5 Å². The first-order valence-electron chi connectivity index (χ1n) is 8.81. The molecule has 0 aliphatic carbocycles. The number of amides is 1. The molecule has 0 unspecified atom stereocenters. The number of carbonyl (C=O) groups is 2. The van der Waals surface area contributed by atoms with Gasteiger partial charge in [-0.05, 0) is 37.0 Å². The summed E-state index contributed by atoms with van der Waals surface area (Å²) >= 11 is 0. The second-order valence-electron chi connectivity index (χ2n) is 6.46. The van der Waals surface area contributed by atoms with E-state index in [2.05, 4.69) is 5.32 Å². The van der Waals surface area contributed by atoms with Crippen LogP contribution in [0.15, 0.2) is 24.3 Å². The maximum Gasteiger partial charge on any atom is 0.329 e. The highest BCUT2D eigenvalue weighted by Gasteiger charge is 2.41. The van der Waals surface area contributed by atoms with Gasteiger partial charge in [0.25, 0.3) is 0 Å². The molecular formula is C19H27NO5. The lowest BCUT2D eigenvalue weighted by molar-refractivity contribution is -0.152. The number of aliphatic carboxylic acids is 1. The Morgan fingerprint density at radius 3 is 2.44 bits per heavy atom. The maximum absolute atomic E-state index is 12.1. The van der Waals surface area contributed by atoms with Crippen LogP contribution in [0.25, 0.3) is 0 Å². The van der Waals surface area contributed by atoms with Crippen LogP contribution in [-0.4, -0.2) is 42.8 Å². The Labute approximate surface area is 148 Å². The molecule has 1 aromatic rings. The Bertz CT molecular complexity index is 564. The van der Waals surface area contributed by atoms with E-state index in [0.29, 0.717) is 32.5 Å². The van der Waals surface area contributed by atoms with Crippen LogP contribution in [0, 0.1) is 0 Å². The lowest BCUT2D eigenvalue weighted by Crippen LogP contribution is -2.57. The number of rotatable bonds is 9. The molecule has 1 amide bonds. The number of nitrogens with one attached hydrogen (secondary N) is 1. The summed E-state index contributed by atoms with van der Waals surface area (Å²) in [6.45, 7) is 0.739. The van der Waals surface area contributed by atoms with Crippen LogP contribution in [0.4, 0.5) is 0 Å². The van der Waals surface area contributed by atoms with E-state index >= 15 is 0 Å². The highest BCUT2D eigenvalue weighted by molar-refractivity contribution is 5.87. The molecule has 6 heteroatoms. The molecule has 1 aliphatic heterocycles. The van der Waals surface area contributed by atoms with E-state index in [9.17, 15) is 14.7 Å². The normalized spacial score (nSPS) is 16.2. The molecule has 1 saturated heterocycles. The third kappa shape index (κ3) is 5.74. The second kappa shape index (κ2) is 9.42. The molecule has 0 bridgehead atoms. The molecule has 2 N–H and O–H groups in total. The van der Waals surface area contributed by atoms with Crippen LogP contribution in [0.1, 0.15) is 44.1 Å². The Balaban J connectivity index is 1.66. The number of ether oxygens (including phenoxy) is 2. The quantitative estimate of drug-likeness (QED) is 0.669. The number of hydrogen-bond donors (Lipinski definition) is 2. The van der Waals surface area contributed by atoms with E-state index in [0.717, 1.165) is 31.4 Å². The third-order valence-corrected chi connectivity index (χ3v) is 4.66. The van der Waals surface area contributed by atoms with Crippen LogP contribution in [0.2, 0.25) is 0 Å². The van der Waals surface area contributed by atoms with Crippen LogP contribution >= 0.6 is 0 Å². The monoisotopic (exact) mass is 349 g/mol. The molecule has 6 nitrogen and oxygen atoms in total. The van der Waals surface area contributed by atoms with E-state index in [1.165, 1.54) is 5.56 Å². The average molecular weight is 349 g/mol. The van der Waals surface area contributed by atoms with Crippen molar-refractivity contribution in [1.82, 2.24) is 5.32 Å². The molecular weight excluding hydrogens is 322 g/mol. The number of methoxy groups -OCH3 is 1. The van der Waals surface area contributed by atoms with E-state index in [-0.39, 0.29) is 5.91 Å². The number of aryl methyl sites for hydroxylation is 1. The summed E-state index contributed by atoms with van der Waals surface area (Å²) in [4.78, 5) is 23.6. The molecule has 1 fully saturated rings. The minimum atomic E-state index is -1.15. The maximum atomic E-state index is 12.1. The second-order valence-corrected chi connectivity index (χ2v) is 6.46.